The number of nitrogens with two attached hydrogens (primary N) is 1. The van der Waals surface area contributed by atoms with Crippen LogP contribution in [0.2, 0.25) is 5.02 Å². The van der Waals surface area contributed by atoms with Gasteiger partial charge in [0.2, 0.25) is 5.91 Å². The Morgan fingerprint density at radius 3 is 2.71 bits per heavy atom. The Bertz CT molecular complexity index is 1190. The molecule has 178 valence electrons. The van der Waals surface area contributed by atoms with Gasteiger partial charge in [-0.2, -0.15) is 0 Å². The molecule has 0 saturated carbocycles. The Morgan fingerprint density at radius 1 is 1.29 bits per heavy atom. The Hall–Kier alpha value is -2.74. The zero-order chi connectivity index (χ0) is 24.0. The fourth-order valence-corrected chi connectivity index (χ4v) is 5.88. The van der Waals surface area contributed by atoms with Gasteiger partial charge in [-0.25, -0.2) is 8.78 Å². The minimum atomic E-state index is -1.74. The summed E-state index contributed by atoms with van der Waals surface area (Å²) in [6, 6.07) is 11.4. The molecule has 0 aromatic heterocycles. The van der Waals surface area contributed by atoms with Gasteiger partial charge >= 0.3 is 0 Å². The van der Waals surface area contributed by atoms with Crippen molar-refractivity contribution in [2.45, 2.75) is 43.1 Å². The standard InChI is InChI=1S/C26H26ClF2N3O2/c1-34-19-10-9-15(25(30)33)22(24(19)29)21-16-13-26(20-8-5-11-31-20,14-6-3-2-4-7-14)32-18(16)12-17(28)23(21)27/h2-4,6-7,9-10,12,19-20,24,31-32H,5,8,11,13H2,1H3,(H2,30,33)/t19?,20-,24?,26-/m0/s1. The third-order valence-corrected chi connectivity index (χ3v) is 7.57. The lowest BCUT2D eigenvalue weighted by atomic mass is 9.77. The van der Waals surface area contributed by atoms with Crippen molar-refractivity contribution >= 4 is 28.8 Å². The van der Waals surface area contributed by atoms with E-state index < -0.39 is 29.5 Å². The summed E-state index contributed by atoms with van der Waals surface area (Å²) in [5, 5.41) is 6.91. The second-order valence-corrected chi connectivity index (χ2v) is 9.39. The van der Waals surface area contributed by atoms with Crippen LogP contribution in [0.15, 0.2) is 54.1 Å². The third kappa shape index (κ3) is 3.54. The average molecular weight is 486 g/mol. The van der Waals surface area contributed by atoms with Crippen LogP contribution in [0.25, 0.3) is 5.57 Å². The van der Waals surface area contributed by atoms with Crippen LogP contribution >= 0.6 is 11.6 Å². The van der Waals surface area contributed by atoms with E-state index in [1.165, 1.54) is 25.3 Å². The summed E-state index contributed by atoms with van der Waals surface area (Å²) < 4.78 is 36.2. The van der Waals surface area contributed by atoms with E-state index >= 15 is 8.78 Å². The summed E-state index contributed by atoms with van der Waals surface area (Å²) >= 11 is 6.50. The second kappa shape index (κ2) is 8.80. The molecule has 1 aliphatic carbocycles. The van der Waals surface area contributed by atoms with Crippen LogP contribution in [-0.4, -0.2) is 37.9 Å². The topological polar surface area (TPSA) is 76.4 Å². The van der Waals surface area contributed by atoms with Crippen molar-refractivity contribution in [2.75, 3.05) is 19.0 Å². The van der Waals surface area contributed by atoms with Gasteiger partial charge in [0.25, 0.3) is 0 Å². The van der Waals surface area contributed by atoms with Crippen molar-refractivity contribution in [3.05, 3.63) is 81.7 Å². The van der Waals surface area contributed by atoms with E-state index in [1.807, 2.05) is 30.3 Å². The average Bonchev–Trinajstić information content (AvgIpc) is 3.50. The first-order valence-corrected chi connectivity index (χ1v) is 11.7. The lowest BCUT2D eigenvalue weighted by molar-refractivity contribution is -0.114. The quantitative estimate of drug-likeness (QED) is 0.591. The molecule has 5 rings (SSSR count). The summed E-state index contributed by atoms with van der Waals surface area (Å²) in [7, 11) is 1.37. The number of carbonyl (C=O) groups is 1. The van der Waals surface area contributed by atoms with E-state index in [4.69, 9.17) is 22.1 Å². The third-order valence-electron chi connectivity index (χ3n) is 7.20. The van der Waals surface area contributed by atoms with Crippen molar-refractivity contribution in [3.8, 4) is 0 Å². The van der Waals surface area contributed by atoms with Crippen LogP contribution in [0.5, 0.6) is 0 Å². The van der Waals surface area contributed by atoms with Gasteiger partial charge in [-0.05, 0) is 36.6 Å². The van der Waals surface area contributed by atoms with Crippen LogP contribution in [0.3, 0.4) is 0 Å². The highest BCUT2D eigenvalue weighted by atomic mass is 35.5. The molecule has 0 spiro atoms. The van der Waals surface area contributed by atoms with Crippen molar-refractivity contribution in [3.63, 3.8) is 0 Å². The number of amides is 1. The molecular weight excluding hydrogens is 460 g/mol. The SMILES string of the molecule is COC1C=CC(C(N)=O)=C(c2c(Cl)c(F)cc3c2C[C@](c2ccccc2)([C@@H]2CCCN2)N3)C1F. The number of anilines is 1. The predicted octanol–water partition coefficient (Wildman–Crippen LogP) is 4.26. The first-order valence-electron chi connectivity index (χ1n) is 11.3. The van der Waals surface area contributed by atoms with Gasteiger partial charge in [-0.1, -0.05) is 54.1 Å². The number of carbonyl (C=O) groups excluding carboxylic acids is 1. The van der Waals surface area contributed by atoms with E-state index in [1.54, 1.807) is 0 Å². The highest BCUT2D eigenvalue weighted by molar-refractivity contribution is 6.33. The Labute approximate surface area is 202 Å². The number of rotatable bonds is 5. The van der Waals surface area contributed by atoms with Gasteiger partial charge in [0, 0.05) is 42.0 Å². The normalized spacial score (nSPS) is 28.2. The number of benzene rings is 2. The molecule has 3 aliphatic rings. The van der Waals surface area contributed by atoms with E-state index in [0.29, 0.717) is 17.7 Å². The number of methoxy groups -OCH3 is 1. The summed E-state index contributed by atoms with van der Waals surface area (Å²) in [5.74, 6) is -1.51. The number of alkyl halides is 1. The molecule has 2 heterocycles. The Balaban J connectivity index is 1.73. The Morgan fingerprint density at radius 2 is 2.06 bits per heavy atom. The number of halogens is 3. The van der Waals surface area contributed by atoms with E-state index in [9.17, 15) is 4.79 Å². The summed E-state index contributed by atoms with van der Waals surface area (Å²) in [4.78, 5) is 12.3. The van der Waals surface area contributed by atoms with E-state index in [0.717, 1.165) is 24.9 Å². The molecule has 2 aromatic carbocycles. The molecule has 5 nitrogen and oxygen atoms in total. The molecular formula is C26H26ClF2N3O2. The van der Waals surface area contributed by atoms with Crippen molar-refractivity contribution in [1.82, 2.24) is 5.32 Å². The smallest absolute Gasteiger partial charge is 0.249 e. The molecule has 2 unspecified atom stereocenters. The molecule has 4 atom stereocenters. The molecule has 4 N–H and O–H groups in total. The van der Waals surface area contributed by atoms with Crippen molar-refractivity contribution in [2.24, 2.45) is 5.73 Å². The number of hydrogen-bond acceptors (Lipinski definition) is 4. The summed E-state index contributed by atoms with van der Waals surface area (Å²) in [6.45, 7) is 0.878. The Kier molecular flexibility index (Phi) is 5.96. The fraction of sp³-hybridized carbons (Fsp3) is 0.346. The lowest BCUT2D eigenvalue weighted by Gasteiger charge is -2.37. The summed E-state index contributed by atoms with van der Waals surface area (Å²) in [6.07, 6.45) is 2.57. The zero-order valence-electron chi connectivity index (χ0n) is 18.7. The molecule has 34 heavy (non-hydrogen) atoms. The van der Waals surface area contributed by atoms with Crippen LogP contribution in [0.1, 0.15) is 29.5 Å². The highest BCUT2D eigenvalue weighted by Crippen LogP contribution is 2.50. The first kappa shape index (κ1) is 23.0. The second-order valence-electron chi connectivity index (χ2n) is 9.01. The molecule has 2 aliphatic heterocycles. The lowest BCUT2D eigenvalue weighted by Crippen LogP contribution is -2.50. The van der Waals surface area contributed by atoms with Gasteiger partial charge in [-0.3, -0.25) is 4.79 Å². The molecule has 1 saturated heterocycles. The maximum Gasteiger partial charge on any atom is 0.249 e. The number of ether oxygens (including phenoxy) is 1. The molecule has 8 heteroatoms. The molecule has 1 fully saturated rings. The fourth-order valence-electron chi connectivity index (χ4n) is 5.61. The van der Waals surface area contributed by atoms with Gasteiger partial charge in [0.15, 0.2) is 6.17 Å². The molecule has 0 bridgehead atoms. The monoisotopic (exact) mass is 485 g/mol. The number of hydrogen-bond donors (Lipinski definition) is 3. The minimum absolute atomic E-state index is 0.0346. The largest absolute Gasteiger partial charge is 0.374 e. The number of nitrogens with one attached hydrogen (secondary N) is 2. The van der Waals surface area contributed by atoms with Crippen LogP contribution in [0, 0.1) is 5.82 Å². The van der Waals surface area contributed by atoms with Gasteiger partial charge in [-0.15, -0.1) is 0 Å². The highest BCUT2D eigenvalue weighted by Gasteiger charge is 2.48. The van der Waals surface area contributed by atoms with Gasteiger partial charge < -0.3 is 21.1 Å². The first-order chi connectivity index (χ1) is 16.4. The van der Waals surface area contributed by atoms with Crippen molar-refractivity contribution in [1.29, 1.82) is 0 Å². The molecule has 2 aromatic rings. The van der Waals surface area contributed by atoms with Gasteiger partial charge in [0.1, 0.15) is 11.9 Å². The predicted molar refractivity (Wildman–Crippen MR) is 129 cm³/mol. The van der Waals surface area contributed by atoms with Crippen LogP contribution in [0.4, 0.5) is 14.5 Å². The van der Waals surface area contributed by atoms with Crippen LogP contribution in [-0.2, 0) is 21.5 Å². The van der Waals surface area contributed by atoms with Crippen LogP contribution < -0.4 is 16.4 Å². The van der Waals surface area contributed by atoms with E-state index in [2.05, 4.69) is 10.6 Å². The number of fused-ring (bicyclic) bond motifs is 1. The maximum absolute atomic E-state index is 15.7. The van der Waals surface area contributed by atoms with E-state index in [-0.39, 0.29) is 27.8 Å². The molecule has 0 radical (unpaired) electrons. The zero-order valence-corrected chi connectivity index (χ0v) is 19.5. The van der Waals surface area contributed by atoms with Gasteiger partial charge in [0.05, 0.1) is 10.6 Å². The summed E-state index contributed by atoms with van der Waals surface area (Å²) in [5.41, 5.74) is 7.34. The van der Waals surface area contributed by atoms with Crippen molar-refractivity contribution < 1.29 is 18.3 Å². The molecule has 1 amide bonds. The maximum atomic E-state index is 15.7. The number of primary amides is 1. The minimum Gasteiger partial charge on any atom is -0.374 e.